The lowest BCUT2D eigenvalue weighted by Crippen LogP contribution is -1.97. The molecule has 0 aromatic rings. The maximum Gasteiger partial charge on any atom is 0.0286 e. The van der Waals surface area contributed by atoms with E-state index in [0.29, 0.717) is 0 Å². The van der Waals surface area contributed by atoms with Crippen LogP contribution in [-0.2, 0) is 0 Å². The molecule has 1 saturated carbocycles. The van der Waals surface area contributed by atoms with Crippen molar-refractivity contribution in [2.24, 2.45) is 5.92 Å². The highest BCUT2D eigenvalue weighted by Crippen LogP contribution is 2.28. The van der Waals surface area contributed by atoms with E-state index in [9.17, 15) is 0 Å². The molecule has 0 saturated heterocycles. The van der Waals surface area contributed by atoms with Gasteiger partial charge in [-0.3, -0.25) is 0 Å². The van der Waals surface area contributed by atoms with Crippen molar-refractivity contribution in [3.63, 3.8) is 0 Å². The maximum atomic E-state index is 5.65. The van der Waals surface area contributed by atoms with E-state index in [-0.39, 0.29) is 0 Å². The van der Waals surface area contributed by atoms with Crippen LogP contribution in [0.2, 0.25) is 0 Å². The lowest BCUT2D eigenvalue weighted by molar-refractivity contribution is 0.623. The van der Waals surface area contributed by atoms with Crippen LogP contribution in [0.4, 0.5) is 0 Å². The minimum absolute atomic E-state index is 0.785. The normalized spacial score (nSPS) is 19.0. The monoisotopic (exact) mass is 190 g/mol. The van der Waals surface area contributed by atoms with Gasteiger partial charge in [0, 0.05) is 10.8 Å². The molecule has 0 N–H and O–H groups in total. The number of thioether (sulfide) groups is 1. The van der Waals surface area contributed by atoms with Crippen LogP contribution >= 0.6 is 23.4 Å². The molecule has 11 heavy (non-hydrogen) atoms. The van der Waals surface area contributed by atoms with Crippen molar-refractivity contribution in [3.8, 4) is 0 Å². The summed E-state index contributed by atoms with van der Waals surface area (Å²) in [6.45, 7) is 3.66. The smallest absolute Gasteiger partial charge is 0.0286 e. The molecule has 1 fully saturated rings. The van der Waals surface area contributed by atoms with Gasteiger partial charge in [0.2, 0.25) is 0 Å². The summed E-state index contributed by atoms with van der Waals surface area (Å²) in [6, 6.07) is 0. The Morgan fingerprint density at radius 1 is 1.45 bits per heavy atom. The van der Waals surface area contributed by atoms with Gasteiger partial charge in [-0.15, -0.1) is 0 Å². The molecule has 0 atom stereocenters. The predicted octanol–water partition coefficient (Wildman–Crippen LogP) is 3.66. The van der Waals surface area contributed by atoms with Crippen molar-refractivity contribution >= 4 is 23.4 Å². The van der Waals surface area contributed by atoms with Gasteiger partial charge in [0.05, 0.1) is 0 Å². The van der Waals surface area contributed by atoms with E-state index in [0.717, 1.165) is 16.7 Å². The van der Waals surface area contributed by atoms with Crippen LogP contribution in [0.3, 0.4) is 0 Å². The van der Waals surface area contributed by atoms with Crippen molar-refractivity contribution < 1.29 is 0 Å². The van der Waals surface area contributed by atoms with Gasteiger partial charge in [-0.1, -0.05) is 31.0 Å². The van der Waals surface area contributed by atoms with E-state index in [2.05, 4.69) is 6.58 Å². The van der Waals surface area contributed by atoms with E-state index in [1.165, 1.54) is 31.4 Å². The van der Waals surface area contributed by atoms with E-state index < -0.39 is 0 Å². The third kappa shape index (κ3) is 4.07. The summed E-state index contributed by atoms with van der Waals surface area (Å²) in [5.41, 5.74) is 0. The molecule has 0 nitrogen and oxygen atoms in total. The number of rotatable bonds is 4. The first-order chi connectivity index (χ1) is 5.29. The van der Waals surface area contributed by atoms with Crippen molar-refractivity contribution in [2.75, 3.05) is 11.5 Å². The molecule has 0 unspecified atom stereocenters. The zero-order valence-corrected chi connectivity index (χ0v) is 8.39. The molecule has 0 amide bonds. The van der Waals surface area contributed by atoms with Crippen LogP contribution in [-0.4, -0.2) is 11.5 Å². The molecule has 0 aromatic carbocycles. The van der Waals surface area contributed by atoms with E-state index >= 15 is 0 Å². The standard InChI is InChI=1S/C9H15ClS/c1-8(10)6-11-7-9-4-2-3-5-9/h9H,1-7H2. The molecule has 0 bridgehead atoms. The second-order valence-corrected chi connectivity index (χ2v) is 4.75. The van der Waals surface area contributed by atoms with E-state index in [1.807, 2.05) is 11.8 Å². The number of hydrogen-bond acceptors (Lipinski definition) is 1. The Hall–Kier alpha value is 0.380. The van der Waals surface area contributed by atoms with Gasteiger partial charge >= 0.3 is 0 Å². The first-order valence-electron chi connectivity index (χ1n) is 4.20. The fourth-order valence-corrected chi connectivity index (χ4v) is 2.75. The molecule has 0 aromatic heterocycles. The summed E-state index contributed by atoms with van der Waals surface area (Å²) in [7, 11) is 0. The summed E-state index contributed by atoms with van der Waals surface area (Å²) >= 11 is 7.58. The van der Waals surface area contributed by atoms with Crippen molar-refractivity contribution in [1.29, 1.82) is 0 Å². The average molecular weight is 191 g/mol. The summed E-state index contributed by atoms with van der Waals surface area (Å²) in [4.78, 5) is 0. The zero-order chi connectivity index (χ0) is 8.10. The van der Waals surface area contributed by atoms with Gasteiger partial charge in [-0.25, -0.2) is 0 Å². The SMILES string of the molecule is C=C(Cl)CSCC1CCCC1. The Balaban J connectivity index is 1.98. The second-order valence-electron chi connectivity index (χ2n) is 3.18. The summed E-state index contributed by atoms with van der Waals surface area (Å²) < 4.78 is 0. The van der Waals surface area contributed by atoms with Crippen LogP contribution in [0.5, 0.6) is 0 Å². The molecule has 0 spiro atoms. The Kier molecular flexibility index (Phi) is 4.39. The molecule has 0 aliphatic heterocycles. The van der Waals surface area contributed by atoms with Crippen molar-refractivity contribution in [3.05, 3.63) is 11.6 Å². The molecule has 0 heterocycles. The van der Waals surface area contributed by atoms with Gasteiger partial charge in [-0.05, 0) is 24.5 Å². The first kappa shape index (κ1) is 9.47. The number of halogens is 1. The van der Waals surface area contributed by atoms with Crippen LogP contribution in [0, 0.1) is 5.92 Å². The van der Waals surface area contributed by atoms with Gasteiger partial charge in [0.25, 0.3) is 0 Å². The molecule has 0 radical (unpaired) electrons. The topological polar surface area (TPSA) is 0 Å². The molecule has 1 aliphatic carbocycles. The van der Waals surface area contributed by atoms with Gasteiger partial charge in [0.15, 0.2) is 0 Å². The van der Waals surface area contributed by atoms with E-state index in [1.54, 1.807) is 0 Å². The quantitative estimate of drug-likeness (QED) is 0.652. The molecule has 64 valence electrons. The molecular formula is C9H15ClS. The third-order valence-electron chi connectivity index (χ3n) is 2.09. The van der Waals surface area contributed by atoms with Gasteiger partial charge in [-0.2, -0.15) is 11.8 Å². The van der Waals surface area contributed by atoms with Crippen molar-refractivity contribution in [1.82, 2.24) is 0 Å². The van der Waals surface area contributed by atoms with Crippen molar-refractivity contribution in [2.45, 2.75) is 25.7 Å². The Bertz CT molecular complexity index is 128. The second kappa shape index (κ2) is 5.10. The van der Waals surface area contributed by atoms with Crippen LogP contribution < -0.4 is 0 Å². The highest BCUT2D eigenvalue weighted by atomic mass is 35.5. The third-order valence-corrected chi connectivity index (χ3v) is 3.64. The predicted molar refractivity (Wildman–Crippen MR) is 54.3 cm³/mol. The lowest BCUT2D eigenvalue weighted by Gasteiger charge is -2.06. The molecular weight excluding hydrogens is 176 g/mol. The zero-order valence-electron chi connectivity index (χ0n) is 6.81. The lowest BCUT2D eigenvalue weighted by atomic mass is 10.1. The molecule has 1 aliphatic rings. The summed E-state index contributed by atoms with van der Waals surface area (Å²) in [5, 5.41) is 0.785. The summed E-state index contributed by atoms with van der Waals surface area (Å²) in [6.07, 6.45) is 5.74. The highest BCUT2D eigenvalue weighted by Gasteiger charge is 2.14. The molecule has 2 heteroatoms. The van der Waals surface area contributed by atoms with Gasteiger partial charge in [0.1, 0.15) is 0 Å². The first-order valence-corrected chi connectivity index (χ1v) is 5.73. The Morgan fingerprint density at radius 2 is 2.09 bits per heavy atom. The van der Waals surface area contributed by atoms with Crippen LogP contribution in [0.1, 0.15) is 25.7 Å². The maximum absolute atomic E-state index is 5.65. The van der Waals surface area contributed by atoms with E-state index in [4.69, 9.17) is 11.6 Å². The highest BCUT2D eigenvalue weighted by molar-refractivity contribution is 7.99. The minimum atomic E-state index is 0.785. The fraction of sp³-hybridized carbons (Fsp3) is 0.778. The van der Waals surface area contributed by atoms with Crippen LogP contribution in [0.25, 0.3) is 0 Å². The minimum Gasteiger partial charge on any atom is -0.156 e. The summed E-state index contributed by atoms with van der Waals surface area (Å²) in [5.74, 6) is 3.18. The largest absolute Gasteiger partial charge is 0.156 e. The van der Waals surface area contributed by atoms with Crippen LogP contribution in [0.15, 0.2) is 11.6 Å². The average Bonchev–Trinajstić information content (AvgIpc) is 2.39. The number of hydrogen-bond donors (Lipinski definition) is 0. The Labute approximate surface area is 78.4 Å². The van der Waals surface area contributed by atoms with Gasteiger partial charge < -0.3 is 0 Å². The fourth-order valence-electron chi connectivity index (χ4n) is 1.51. The Morgan fingerprint density at radius 3 is 2.64 bits per heavy atom. The molecule has 1 rings (SSSR count).